The fourth-order valence-corrected chi connectivity index (χ4v) is 2.10. The van der Waals surface area contributed by atoms with Crippen molar-refractivity contribution in [3.8, 4) is 0 Å². The molecule has 0 aliphatic heterocycles. The number of thioether (sulfide) groups is 1. The highest BCUT2D eigenvalue weighted by Crippen LogP contribution is 2.09. The highest BCUT2D eigenvalue weighted by molar-refractivity contribution is 7.99. The molecule has 0 unspecified atom stereocenters. The molecule has 1 aromatic heterocycles. The van der Waals surface area contributed by atoms with E-state index in [1.54, 1.807) is 24.2 Å². The van der Waals surface area contributed by atoms with Crippen LogP contribution in [0.1, 0.15) is 5.56 Å². The first-order valence-corrected chi connectivity index (χ1v) is 6.58. The lowest BCUT2D eigenvalue weighted by Gasteiger charge is -2.03. The average molecular weight is 245 g/mol. The molecular formula is C13H15N3S. The average Bonchev–Trinajstić information content (AvgIpc) is 2.41. The standard InChI is InChI=1S/C13H15N3S/c1-2-5-12(6-3-1)11-14-9-10-17-13-15-7-4-8-16-13/h1-8,14H,9-11H2. The second-order valence-corrected chi connectivity index (χ2v) is 4.60. The summed E-state index contributed by atoms with van der Waals surface area (Å²) in [5.74, 6) is 0.983. The first kappa shape index (κ1) is 12.1. The summed E-state index contributed by atoms with van der Waals surface area (Å²) in [5, 5.41) is 4.24. The van der Waals surface area contributed by atoms with Crippen molar-refractivity contribution in [2.75, 3.05) is 12.3 Å². The molecule has 88 valence electrons. The molecule has 17 heavy (non-hydrogen) atoms. The van der Waals surface area contributed by atoms with Crippen LogP contribution in [0.25, 0.3) is 0 Å². The fraction of sp³-hybridized carbons (Fsp3) is 0.231. The van der Waals surface area contributed by atoms with Crippen LogP contribution in [0, 0.1) is 0 Å². The molecule has 1 N–H and O–H groups in total. The molecule has 1 aromatic carbocycles. The van der Waals surface area contributed by atoms with Gasteiger partial charge in [-0.3, -0.25) is 0 Å². The summed E-state index contributed by atoms with van der Waals surface area (Å²) in [6.45, 7) is 1.87. The molecule has 2 aromatic rings. The van der Waals surface area contributed by atoms with E-state index in [1.165, 1.54) is 5.56 Å². The van der Waals surface area contributed by atoms with E-state index in [4.69, 9.17) is 0 Å². The molecule has 0 fully saturated rings. The maximum absolute atomic E-state index is 4.16. The molecular weight excluding hydrogens is 230 g/mol. The van der Waals surface area contributed by atoms with Gasteiger partial charge >= 0.3 is 0 Å². The van der Waals surface area contributed by atoms with E-state index in [0.717, 1.165) is 24.0 Å². The highest BCUT2D eigenvalue weighted by atomic mass is 32.2. The molecule has 0 aliphatic rings. The van der Waals surface area contributed by atoms with Crippen LogP contribution in [0.3, 0.4) is 0 Å². The minimum Gasteiger partial charge on any atom is -0.312 e. The lowest BCUT2D eigenvalue weighted by atomic mass is 10.2. The molecule has 3 nitrogen and oxygen atoms in total. The van der Waals surface area contributed by atoms with Crippen LogP contribution >= 0.6 is 11.8 Å². The fourth-order valence-electron chi connectivity index (χ4n) is 1.40. The van der Waals surface area contributed by atoms with Crippen LogP contribution in [0.2, 0.25) is 0 Å². The summed E-state index contributed by atoms with van der Waals surface area (Å²) in [6.07, 6.45) is 3.54. The molecule has 0 amide bonds. The van der Waals surface area contributed by atoms with Crippen LogP contribution in [0.4, 0.5) is 0 Å². The van der Waals surface area contributed by atoms with Gasteiger partial charge in [0.25, 0.3) is 0 Å². The van der Waals surface area contributed by atoms with Crippen LogP contribution in [0.15, 0.2) is 53.9 Å². The van der Waals surface area contributed by atoms with Gasteiger partial charge in [-0.2, -0.15) is 0 Å². The van der Waals surface area contributed by atoms with Gasteiger partial charge in [0, 0.05) is 31.2 Å². The Morgan fingerprint density at radius 1 is 1.00 bits per heavy atom. The molecule has 1 heterocycles. The van der Waals surface area contributed by atoms with Gasteiger partial charge in [-0.05, 0) is 11.6 Å². The predicted molar refractivity (Wildman–Crippen MR) is 70.9 cm³/mol. The number of aromatic nitrogens is 2. The zero-order valence-corrected chi connectivity index (χ0v) is 10.4. The van der Waals surface area contributed by atoms with E-state index in [0.29, 0.717) is 0 Å². The molecule has 0 saturated carbocycles. The van der Waals surface area contributed by atoms with Crippen molar-refractivity contribution in [1.82, 2.24) is 15.3 Å². The quantitative estimate of drug-likeness (QED) is 0.481. The van der Waals surface area contributed by atoms with Gasteiger partial charge in [0.1, 0.15) is 0 Å². The van der Waals surface area contributed by atoms with Crippen molar-refractivity contribution in [3.05, 3.63) is 54.4 Å². The maximum atomic E-state index is 4.16. The van der Waals surface area contributed by atoms with E-state index >= 15 is 0 Å². The van der Waals surface area contributed by atoms with Crippen LogP contribution < -0.4 is 5.32 Å². The van der Waals surface area contributed by atoms with Crippen LogP contribution in [-0.4, -0.2) is 22.3 Å². The molecule has 0 spiro atoms. The normalized spacial score (nSPS) is 10.4. The summed E-state index contributed by atoms with van der Waals surface area (Å²) in [4.78, 5) is 8.32. The zero-order valence-electron chi connectivity index (χ0n) is 9.54. The van der Waals surface area contributed by atoms with E-state index in [1.807, 2.05) is 12.1 Å². The molecule has 0 aliphatic carbocycles. The van der Waals surface area contributed by atoms with Gasteiger partial charge in [0.2, 0.25) is 0 Å². The summed E-state index contributed by atoms with van der Waals surface area (Å²) in [5.41, 5.74) is 1.31. The number of nitrogens with zero attached hydrogens (tertiary/aromatic N) is 2. The lowest BCUT2D eigenvalue weighted by molar-refractivity contribution is 0.731. The van der Waals surface area contributed by atoms with E-state index in [9.17, 15) is 0 Å². The third-order valence-electron chi connectivity index (χ3n) is 2.22. The third kappa shape index (κ3) is 4.54. The first-order valence-electron chi connectivity index (χ1n) is 5.59. The molecule has 2 rings (SSSR count). The van der Waals surface area contributed by atoms with Gasteiger partial charge < -0.3 is 5.32 Å². The second kappa shape index (κ2) is 7.04. The number of nitrogens with one attached hydrogen (secondary N) is 1. The van der Waals surface area contributed by atoms with E-state index < -0.39 is 0 Å². The Kier molecular flexibility index (Phi) is 5.00. The van der Waals surface area contributed by atoms with Crippen molar-refractivity contribution < 1.29 is 0 Å². The van der Waals surface area contributed by atoms with Gasteiger partial charge in [0.05, 0.1) is 0 Å². The molecule has 0 atom stereocenters. The Bertz CT molecular complexity index is 378. The Morgan fingerprint density at radius 3 is 2.53 bits per heavy atom. The molecule has 0 radical (unpaired) electrons. The Morgan fingerprint density at radius 2 is 1.76 bits per heavy atom. The molecule has 0 saturated heterocycles. The number of hydrogen-bond donors (Lipinski definition) is 1. The zero-order chi connectivity index (χ0) is 11.8. The summed E-state index contributed by atoms with van der Waals surface area (Å²) in [6, 6.07) is 12.2. The van der Waals surface area contributed by atoms with E-state index in [2.05, 4.69) is 39.6 Å². The number of rotatable bonds is 6. The van der Waals surface area contributed by atoms with Gasteiger partial charge in [-0.1, -0.05) is 42.1 Å². The monoisotopic (exact) mass is 245 g/mol. The Balaban J connectivity index is 1.61. The third-order valence-corrected chi connectivity index (χ3v) is 3.10. The number of benzene rings is 1. The van der Waals surface area contributed by atoms with Crippen molar-refractivity contribution in [3.63, 3.8) is 0 Å². The lowest BCUT2D eigenvalue weighted by Crippen LogP contribution is -2.16. The van der Waals surface area contributed by atoms with Crippen molar-refractivity contribution in [1.29, 1.82) is 0 Å². The number of hydrogen-bond acceptors (Lipinski definition) is 4. The summed E-state index contributed by atoms with van der Waals surface area (Å²) in [7, 11) is 0. The van der Waals surface area contributed by atoms with Gasteiger partial charge in [0.15, 0.2) is 5.16 Å². The smallest absolute Gasteiger partial charge is 0.187 e. The van der Waals surface area contributed by atoms with Crippen molar-refractivity contribution in [2.45, 2.75) is 11.7 Å². The molecule has 4 heteroatoms. The van der Waals surface area contributed by atoms with Crippen molar-refractivity contribution in [2.24, 2.45) is 0 Å². The Hall–Kier alpha value is -1.39. The second-order valence-electron chi connectivity index (χ2n) is 3.54. The Labute approximate surface area is 106 Å². The van der Waals surface area contributed by atoms with Gasteiger partial charge in [-0.25, -0.2) is 9.97 Å². The van der Waals surface area contributed by atoms with Gasteiger partial charge in [-0.15, -0.1) is 0 Å². The topological polar surface area (TPSA) is 37.8 Å². The van der Waals surface area contributed by atoms with E-state index in [-0.39, 0.29) is 0 Å². The van der Waals surface area contributed by atoms with Crippen LogP contribution in [0.5, 0.6) is 0 Å². The summed E-state index contributed by atoms with van der Waals surface area (Å²) < 4.78 is 0. The largest absolute Gasteiger partial charge is 0.312 e. The molecule has 0 bridgehead atoms. The van der Waals surface area contributed by atoms with Crippen LogP contribution in [-0.2, 0) is 6.54 Å². The highest BCUT2D eigenvalue weighted by Gasteiger charge is 1.95. The first-order chi connectivity index (χ1) is 8.45. The van der Waals surface area contributed by atoms with Crippen molar-refractivity contribution >= 4 is 11.8 Å². The SMILES string of the molecule is c1ccc(CNCCSc2ncccn2)cc1. The minimum absolute atomic E-state index is 0.842. The predicted octanol–water partition coefficient (Wildman–Crippen LogP) is 2.36. The minimum atomic E-state index is 0.842. The maximum Gasteiger partial charge on any atom is 0.187 e. The summed E-state index contributed by atoms with van der Waals surface area (Å²) >= 11 is 1.67.